The highest BCUT2D eigenvalue weighted by Crippen LogP contribution is 2.49. The van der Waals surface area contributed by atoms with Crippen molar-refractivity contribution in [1.82, 2.24) is 0 Å². The summed E-state index contributed by atoms with van der Waals surface area (Å²) in [6, 6.07) is 30.9. The van der Waals surface area contributed by atoms with E-state index in [-0.39, 0.29) is 12.5 Å². The van der Waals surface area contributed by atoms with Crippen LogP contribution >= 0.6 is 11.8 Å². The van der Waals surface area contributed by atoms with Crippen LogP contribution in [0.5, 0.6) is 0 Å². The van der Waals surface area contributed by atoms with Gasteiger partial charge in [-0.3, -0.25) is 0 Å². The van der Waals surface area contributed by atoms with Gasteiger partial charge >= 0.3 is 5.97 Å². The number of rotatable bonds is 4. The van der Waals surface area contributed by atoms with Crippen molar-refractivity contribution < 1.29 is 9.53 Å². The maximum Gasteiger partial charge on any atom is 0.327 e. The van der Waals surface area contributed by atoms with Crippen molar-refractivity contribution in [2.45, 2.75) is 21.8 Å². The van der Waals surface area contributed by atoms with Crippen molar-refractivity contribution in [3.05, 3.63) is 108 Å². The molecule has 0 saturated carbocycles. The molecule has 1 radical (unpaired) electrons. The first kappa shape index (κ1) is 21.0. The molecular weight excluding hydrogens is 440 g/mol. The number of nitrogens with two attached hydrogens (primary N) is 1. The number of hydrogen-bond acceptors (Lipinski definition) is 5. The van der Waals surface area contributed by atoms with Gasteiger partial charge in [0.05, 0.1) is 11.4 Å². The summed E-state index contributed by atoms with van der Waals surface area (Å²) in [6.07, 6.45) is 0. The Morgan fingerprint density at radius 1 is 0.971 bits per heavy atom. The van der Waals surface area contributed by atoms with Crippen molar-refractivity contribution in [3.63, 3.8) is 0 Å². The third kappa shape index (κ3) is 3.31. The second-order valence-corrected chi connectivity index (χ2v) is 9.60. The lowest BCUT2D eigenvalue weighted by Crippen LogP contribution is -2.27. The summed E-state index contributed by atoms with van der Waals surface area (Å²) in [5.74, 6) is -0.406. The summed E-state index contributed by atoms with van der Waals surface area (Å²) in [4.78, 5) is 17.3. The largest absolute Gasteiger partial charge is 0.463 e. The molecule has 5 heteroatoms. The number of anilines is 2. The first-order chi connectivity index (χ1) is 16.6. The van der Waals surface area contributed by atoms with Crippen LogP contribution in [0, 0.1) is 6.07 Å². The van der Waals surface area contributed by atoms with Gasteiger partial charge in [0.15, 0.2) is 0 Å². The van der Waals surface area contributed by atoms with Gasteiger partial charge in [-0.1, -0.05) is 84.6 Å². The molecule has 0 fully saturated rings. The topological polar surface area (TPSA) is 55.6 Å². The summed E-state index contributed by atoms with van der Waals surface area (Å²) < 4.78 is 5.85. The fourth-order valence-corrected chi connectivity index (χ4v) is 6.24. The van der Waals surface area contributed by atoms with Crippen molar-refractivity contribution >= 4 is 29.1 Å². The Labute approximate surface area is 203 Å². The van der Waals surface area contributed by atoms with E-state index in [1.54, 1.807) is 11.8 Å². The predicted octanol–water partition coefficient (Wildman–Crippen LogP) is 6.07. The Hall–Kier alpha value is -3.54. The van der Waals surface area contributed by atoms with Crippen LogP contribution in [0.2, 0.25) is 0 Å². The number of hydrogen-bond donors (Lipinski definition) is 1. The van der Waals surface area contributed by atoms with Crippen LogP contribution in [0.4, 0.5) is 11.4 Å². The van der Waals surface area contributed by atoms with Gasteiger partial charge in [0.1, 0.15) is 12.6 Å². The Balaban J connectivity index is 1.25. The number of esters is 1. The SMILES string of the molecule is CN1c2ccc[c]c2Sc2c(C(N)C(=O)OCC3c4ccccc4-c4ccccc43)cccc21. The van der Waals surface area contributed by atoms with Crippen LogP contribution in [-0.4, -0.2) is 19.6 Å². The maximum absolute atomic E-state index is 13.2. The van der Waals surface area contributed by atoms with Crippen LogP contribution < -0.4 is 10.6 Å². The van der Waals surface area contributed by atoms with E-state index in [1.807, 2.05) is 61.6 Å². The molecule has 2 aliphatic rings. The van der Waals surface area contributed by atoms with E-state index in [0.29, 0.717) is 0 Å². The van der Waals surface area contributed by atoms with E-state index in [1.165, 1.54) is 22.3 Å². The second kappa shape index (κ2) is 8.35. The quantitative estimate of drug-likeness (QED) is 0.372. The second-order valence-electron chi connectivity index (χ2n) is 8.58. The first-order valence-electron chi connectivity index (χ1n) is 11.3. The molecule has 1 heterocycles. The first-order valence-corrected chi connectivity index (χ1v) is 12.1. The monoisotopic (exact) mass is 463 g/mol. The Bertz CT molecular complexity index is 1370. The van der Waals surface area contributed by atoms with E-state index in [4.69, 9.17) is 10.5 Å². The molecule has 0 saturated heterocycles. The Morgan fingerprint density at radius 2 is 1.65 bits per heavy atom. The lowest BCUT2D eigenvalue weighted by molar-refractivity contribution is -0.145. The molecule has 1 aliphatic heterocycles. The van der Waals surface area contributed by atoms with Gasteiger partial charge in [-0.15, -0.1) is 0 Å². The van der Waals surface area contributed by atoms with Crippen LogP contribution in [0.15, 0.2) is 94.7 Å². The lowest BCUT2D eigenvalue weighted by Gasteiger charge is -2.31. The molecule has 0 bridgehead atoms. The van der Waals surface area contributed by atoms with Gasteiger partial charge < -0.3 is 15.4 Å². The van der Waals surface area contributed by atoms with Crippen LogP contribution in [0.1, 0.15) is 28.7 Å². The van der Waals surface area contributed by atoms with Gasteiger partial charge in [0, 0.05) is 22.8 Å². The molecule has 0 spiro atoms. The molecule has 167 valence electrons. The van der Waals surface area contributed by atoms with E-state index in [0.717, 1.165) is 26.7 Å². The van der Waals surface area contributed by atoms with Crippen molar-refractivity contribution in [1.29, 1.82) is 0 Å². The normalized spacial score (nSPS) is 14.6. The van der Waals surface area contributed by atoms with Gasteiger partial charge in [-0.2, -0.15) is 0 Å². The van der Waals surface area contributed by atoms with Gasteiger partial charge in [0.25, 0.3) is 0 Å². The summed E-state index contributed by atoms with van der Waals surface area (Å²) in [6.45, 7) is 0.263. The van der Waals surface area contributed by atoms with Crippen molar-refractivity contribution in [3.8, 4) is 11.1 Å². The number of ether oxygens (including phenoxy) is 1. The smallest absolute Gasteiger partial charge is 0.327 e. The minimum Gasteiger partial charge on any atom is -0.463 e. The van der Waals surface area contributed by atoms with Gasteiger partial charge in [0.2, 0.25) is 0 Å². The summed E-state index contributed by atoms with van der Waals surface area (Å²) in [7, 11) is 2.02. The average Bonchev–Trinajstić information content (AvgIpc) is 3.20. The fraction of sp³-hybridized carbons (Fsp3) is 0.138. The maximum atomic E-state index is 13.2. The highest BCUT2D eigenvalue weighted by Gasteiger charge is 2.31. The number of fused-ring (bicyclic) bond motifs is 5. The van der Waals surface area contributed by atoms with Crippen molar-refractivity contribution in [2.24, 2.45) is 5.73 Å². The van der Waals surface area contributed by atoms with Crippen LogP contribution in [-0.2, 0) is 9.53 Å². The van der Waals surface area contributed by atoms with Gasteiger partial charge in [-0.25, -0.2) is 4.79 Å². The molecule has 2 N–H and O–H groups in total. The predicted molar refractivity (Wildman–Crippen MR) is 136 cm³/mol. The number of carbonyl (C=O) groups excluding carboxylic acids is 1. The number of benzene rings is 4. The molecule has 1 atom stereocenters. The Kier molecular flexibility index (Phi) is 5.16. The molecule has 6 rings (SSSR count). The van der Waals surface area contributed by atoms with Crippen LogP contribution in [0.25, 0.3) is 11.1 Å². The average molecular weight is 464 g/mol. The number of carbonyl (C=O) groups is 1. The molecule has 4 nitrogen and oxygen atoms in total. The molecule has 34 heavy (non-hydrogen) atoms. The molecule has 4 aromatic carbocycles. The summed E-state index contributed by atoms with van der Waals surface area (Å²) in [5.41, 5.74) is 14.2. The number of nitrogens with zero attached hydrogens (tertiary/aromatic N) is 1. The standard InChI is InChI=1S/C29H23N2O2S/c1-31-24-14-6-7-16-26(24)34-28-22(13-8-15-25(28)31)27(30)29(32)33-17-23-20-11-4-2-9-18(20)19-10-3-5-12-21(19)23/h2-15,23,27H,17,30H2,1H3. The molecule has 0 aromatic heterocycles. The zero-order chi connectivity index (χ0) is 23.2. The van der Waals surface area contributed by atoms with Crippen molar-refractivity contribution in [2.75, 3.05) is 18.6 Å². The zero-order valence-electron chi connectivity index (χ0n) is 18.7. The highest BCUT2D eigenvalue weighted by molar-refractivity contribution is 7.99. The third-order valence-electron chi connectivity index (χ3n) is 6.69. The zero-order valence-corrected chi connectivity index (χ0v) is 19.5. The minimum absolute atomic E-state index is 0.00947. The summed E-state index contributed by atoms with van der Waals surface area (Å²) >= 11 is 1.60. The fourth-order valence-electron chi connectivity index (χ4n) is 4.97. The molecule has 1 unspecified atom stereocenters. The highest BCUT2D eigenvalue weighted by atomic mass is 32.2. The van der Waals surface area contributed by atoms with E-state index < -0.39 is 12.0 Å². The third-order valence-corrected chi connectivity index (χ3v) is 7.87. The van der Waals surface area contributed by atoms with E-state index in [9.17, 15) is 4.79 Å². The molecular formula is C29H23N2O2S. The summed E-state index contributed by atoms with van der Waals surface area (Å²) in [5, 5.41) is 0. The van der Waals surface area contributed by atoms with Crippen LogP contribution in [0.3, 0.4) is 0 Å². The van der Waals surface area contributed by atoms with Gasteiger partial charge in [-0.05, 0) is 46.0 Å². The van der Waals surface area contributed by atoms with E-state index in [2.05, 4.69) is 41.3 Å². The molecule has 1 aliphatic carbocycles. The van der Waals surface area contributed by atoms with E-state index >= 15 is 0 Å². The Morgan fingerprint density at radius 3 is 2.38 bits per heavy atom. The minimum atomic E-state index is -0.868. The molecule has 4 aromatic rings. The molecule has 0 amide bonds. The lowest BCUT2D eigenvalue weighted by atomic mass is 9.98.